The summed E-state index contributed by atoms with van der Waals surface area (Å²) in [5.41, 5.74) is 5.86. The summed E-state index contributed by atoms with van der Waals surface area (Å²) < 4.78 is 42.4. The molecule has 0 aliphatic carbocycles. The molecule has 1 heterocycles. The van der Waals surface area contributed by atoms with E-state index in [1.165, 1.54) is 12.1 Å². The van der Waals surface area contributed by atoms with Crippen molar-refractivity contribution in [1.82, 2.24) is 4.90 Å². The van der Waals surface area contributed by atoms with Gasteiger partial charge in [-0.2, -0.15) is 13.2 Å². The molecular formula is C13H16F3N3O. The number of hydrogen-bond acceptors (Lipinski definition) is 2. The van der Waals surface area contributed by atoms with Crippen LogP contribution in [0.5, 0.6) is 0 Å². The molecule has 1 aliphatic heterocycles. The normalized spacial score (nSPS) is 17.4. The lowest BCUT2D eigenvalue weighted by atomic mass is 10.1. The first-order valence-electron chi connectivity index (χ1n) is 6.25. The van der Waals surface area contributed by atoms with E-state index in [1.54, 1.807) is 0 Å². The van der Waals surface area contributed by atoms with Gasteiger partial charge in [0.2, 0.25) is 0 Å². The quantitative estimate of drug-likeness (QED) is 0.667. The summed E-state index contributed by atoms with van der Waals surface area (Å²) in [6, 6.07) is 4.93. The van der Waals surface area contributed by atoms with Crippen molar-refractivity contribution in [3.8, 4) is 0 Å². The minimum Gasteiger partial charge on any atom is -0.378 e. The molecule has 0 amide bonds. The number of benzene rings is 1. The smallest absolute Gasteiger partial charge is 0.378 e. The number of aliphatic imine (C=N–C) groups is 1. The van der Waals surface area contributed by atoms with Crippen LogP contribution in [0.15, 0.2) is 29.3 Å². The van der Waals surface area contributed by atoms with Crippen LogP contribution in [-0.2, 0) is 17.5 Å². The summed E-state index contributed by atoms with van der Waals surface area (Å²) in [7, 11) is 0. The number of hydrogen-bond donors (Lipinski definition) is 1. The van der Waals surface area contributed by atoms with Crippen LogP contribution in [0, 0.1) is 0 Å². The number of ether oxygens (including phenoxy) is 1. The Balaban J connectivity index is 1.96. The van der Waals surface area contributed by atoms with Gasteiger partial charge in [-0.15, -0.1) is 0 Å². The SMILES string of the molecule is NC(=NCc1ccc(C(F)(F)F)cc1)N1CCOCC1. The van der Waals surface area contributed by atoms with Gasteiger partial charge in [-0.1, -0.05) is 12.1 Å². The minimum atomic E-state index is -4.31. The van der Waals surface area contributed by atoms with Gasteiger partial charge in [0.1, 0.15) is 0 Å². The van der Waals surface area contributed by atoms with E-state index in [4.69, 9.17) is 10.5 Å². The summed E-state index contributed by atoms with van der Waals surface area (Å²) in [6.45, 7) is 2.85. The van der Waals surface area contributed by atoms with Crippen molar-refractivity contribution in [2.75, 3.05) is 26.3 Å². The van der Waals surface area contributed by atoms with Crippen molar-refractivity contribution < 1.29 is 17.9 Å². The van der Waals surface area contributed by atoms with Gasteiger partial charge in [0.25, 0.3) is 0 Å². The molecule has 0 radical (unpaired) electrons. The summed E-state index contributed by atoms with van der Waals surface area (Å²) >= 11 is 0. The van der Waals surface area contributed by atoms with Gasteiger partial charge < -0.3 is 15.4 Å². The van der Waals surface area contributed by atoms with Crippen LogP contribution in [0.2, 0.25) is 0 Å². The van der Waals surface area contributed by atoms with E-state index in [0.29, 0.717) is 37.8 Å². The maximum atomic E-state index is 12.4. The van der Waals surface area contributed by atoms with Crippen molar-refractivity contribution in [3.05, 3.63) is 35.4 Å². The molecule has 2 rings (SSSR count). The highest BCUT2D eigenvalue weighted by Gasteiger charge is 2.29. The number of nitrogens with zero attached hydrogens (tertiary/aromatic N) is 2. The molecule has 0 atom stereocenters. The van der Waals surface area contributed by atoms with E-state index in [-0.39, 0.29) is 6.54 Å². The topological polar surface area (TPSA) is 50.8 Å². The highest BCUT2D eigenvalue weighted by atomic mass is 19.4. The molecule has 1 aromatic rings. The fourth-order valence-electron chi connectivity index (χ4n) is 1.86. The first kappa shape index (κ1) is 14.6. The van der Waals surface area contributed by atoms with Gasteiger partial charge in [0, 0.05) is 13.1 Å². The second-order valence-corrected chi connectivity index (χ2v) is 4.47. The van der Waals surface area contributed by atoms with Gasteiger partial charge in [0.05, 0.1) is 25.3 Å². The third-order valence-electron chi connectivity index (χ3n) is 3.04. The van der Waals surface area contributed by atoms with Gasteiger partial charge in [0.15, 0.2) is 5.96 Å². The van der Waals surface area contributed by atoms with Crippen molar-refractivity contribution in [2.24, 2.45) is 10.7 Å². The van der Waals surface area contributed by atoms with E-state index in [2.05, 4.69) is 4.99 Å². The van der Waals surface area contributed by atoms with Crippen LogP contribution in [0.25, 0.3) is 0 Å². The lowest BCUT2D eigenvalue weighted by Gasteiger charge is -2.27. The Morgan fingerprint density at radius 2 is 1.80 bits per heavy atom. The molecule has 0 saturated carbocycles. The van der Waals surface area contributed by atoms with Crippen LogP contribution in [0.3, 0.4) is 0 Å². The van der Waals surface area contributed by atoms with Crippen molar-refractivity contribution in [2.45, 2.75) is 12.7 Å². The Labute approximate surface area is 115 Å². The molecule has 1 fully saturated rings. The first-order chi connectivity index (χ1) is 9.47. The monoisotopic (exact) mass is 287 g/mol. The fourth-order valence-corrected chi connectivity index (χ4v) is 1.86. The summed E-state index contributed by atoms with van der Waals surface area (Å²) in [6.07, 6.45) is -4.31. The summed E-state index contributed by atoms with van der Waals surface area (Å²) in [4.78, 5) is 6.09. The molecule has 0 unspecified atom stereocenters. The highest BCUT2D eigenvalue weighted by molar-refractivity contribution is 5.78. The zero-order valence-electron chi connectivity index (χ0n) is 10.9. The molecule has 7 heteroatoms. The molecular weight excluding hydrogens is 271 g/mol. The number of rotatable bonds is 2. The molecule has 20 heavy (non-hydrogen) atoms. The average molecular weight is 287 g/mol. The van der Waals surface area contributed by atoms with E-state index in [0.717, 1.165) is 12.1 Å². The standard InChI is InChI=1S/C13H16F3N3O/c14-13(15,16)11-3-1-10(2-4-11)9-18-12(17)19-5-7-20-8-6-19/h1-4H,5-9H2,(H2,17,18). The number of halogens is 3. The third-order valence-corrected chi connectivity index (χ3v) is 3.04. The second kappa shape index (κ2) is 6.13. The molecule has 1 aliphatic rings. The zero-order valence-corrected chi connectivity index (χ0v) is 10.9. The maximum Gasteiger partial charge on any atom is 0.416 e. The molecule has 110 valence electrons. The van der Waals surface area contributed by atoms with Crippen LogP contribution >= 0.6 is 0 Å². The number of nitrogens with two attached hydrogens (primary N) is 1. The largest absolute Gasteiger partial charge is 0.416 e. The lowest BCUT2D eigenvalue weighted by Crippen LogP contribution is -2.44. The Bertz CT molecular complexity index is 465. The molecule has 1 aromatic carbocycles. The van der Waals surface area contributed by atoms with Crippen molar-refractivity contribution in [1.29, 1.82) is 0 Å². The lowest BCUT2D eigenvalue weighted by molar-refractivity contribution is -0.137. The van der Waals surface area contributed by atoms with Crippen molar-refractivity contribution >= 4 is 5.96 Å². The minimum absolute atomic E-state index is 0.265. The molecule has 1 saturated heterocycles. The Hall–Kier alpha value is -1.76. The van der Waals surface area contributed by atoms with Gasteiger partial charge in [-0.25, -0.2) is 4.99 Å². The third kappa shape index (κ3) is 3.86. The average Bonchev–Trinajstić information content (AvgIpc) is 2.45. The number of guanidine groups is 1. The van der Waals surface area contributed by atoms with E-state index in [1.807, 2.05) is 4.90 Å². The molecule has 0 aromatic heterocycles. The van der Waals surface area contributed by atoms with Gasteiger partial charge in [-0.05, 0) is 17.7 Å². The molecule has 0 bridgehead atoms. The summed E-state index contributed by atoms with van der Waals surface area (Å²) in [5, 5.41) is 0. The number of morpholine rings is 1. The summed E-state index contributed by atoms with van der Waals surface area (Å²) in [5.74, 6) is 0.396. The van der Waals surface area contributed by atoms with E-state index in [9.17, 15) is 13.2 Å². The van der Waals surface area contributed by atoms with Crippen LogP contribution in [0.1, 0.15) is 11.1 Å². The Morgan fingerprint density at radius 1 is 1.20 bits per heavy atom. The van der Waals surface area contributed by atoms with E-state index >= 15 is 0 Å². The van der Waals surface area contributed by atoms with Crippen LogP contribution in [0.4, 0.5) is 13.2 Å². The van der Waals surface area contributed by atoms with Crippen LogP contribution < -0.4 is 5.73 Å². The maximum absolute atomic E-state index is 12.4. The van der Waals surface area contributed by atoms with Gasteiger partial charge in [-0.3, -0.25) is 0 Å². The second-order valence-electron chi connectivity index (χ2n) is 4.47. The van der Waals surface area contributed by atoms with E-state index < -0.39 is 11.7 Å². The van der Waals surface area contributed by atoms with Gasteiger partial charge >= 0.3 is 6.18 Å². The predicted octanol–water partition coefficient (Wildman–Crippen LogP) is 1.85. The van der Waals surface area contributed by atoms with Crippen molar-refractivity contribution in [3.63, 3.8) is 0 Å². The molecule has 2 N–H and O–H groups in total. The molecule has 0 spiro atoms. The fraction of sp³-hybridized carbons (Fsp3) is 0.462. The number of alkyl halides is 3. The highest BCUT2D eigenvalue weighted by Crippen LogP contribution is 2.29. The Kier molecular flexibility index (Phi) is 4.49. The Morgan fingerprint density at radius 3 is 2.35 bits per heavy atom. The predicted molar refractivity (Wildman–Crippen MR) is 69.2 cm³/mol. The molecule has 4 nitrogen and oxygen atoms in total. The zero-order chi connectivity index (χ0) is 14.6. The van der Waals surface area contributed by atoms with Crippen LogP contribution in [-0.4, -0.2) is 37.2 Å². The first-order valence-corrected chi connectivity index (χ1v) is 6.25.